The van der Waals surface area contributed by atoms with Crippen LogP contribution in [0.5, 0.6) is 5.75 Å². The number of ether oxygens (including phenoxy) is 1. The number of benzene rings is 3. The Balaban J connectivity index is 2.18. The SMILES string of the molecule is CC(C)Oc1ccccc1[CH]=[Ru-4]([Cl])([Cl])=[C]1N(c2c(C(C)C)cccc2C(C)C)C(C)(C)CC1(C)c1ccccc1. The van der Waals surface area contributed by atoms with Crippen LogP contribution in [0.2, 0.25) is 0 Å². The van der Waals surface area contributed by atoms with Crippen LogP contribution in [0.25, 0.3) is 0 Å². The third-order valence-corrected chi connectivity index (χ3v) is 13.8. The van der Waals surface area contributed by atoms with Crippen molar-refractivity contribution in [1.82, 2.24) is 0 Å². The Labute approximate surface area is 252 Å². The fraction of sp³-hybridized carbons (Fsp3) is 0.429. The van der Waals surface area contributed by atoms with Crippen molar-refractivity contribution in [1.29, 1.82) is 0 Å². The second-order valence-corrected chi connectivity index (χ2v) is 21.9. The number of anilines is 1. The first-order valence-corrected chi connectivity index (χ1v) is 20.6. The molecule has 3 aromatic carbocycles. The standard InChI is InChI=1S/C25H33N.C10H12O.2ClH.Ru/c1-18(2)21-14-11-15-22(19(3)4)23(21)26-17-25(7,16-24(26,5)6)20-12-9-8-10-13-20;1-8(2)11-10-7-5-4-6-9(10)3;;;/h8-15,18-19H,16H2,1-7H3;3-8H,1-2H3;2*1H;/q;;;;-2/p-2. The van der Waals surface area contributed by atoms with Crippen molar-refractivity contribution in [2.24, 2.45) is 0 Å². The van der Waals surface area contributed by atoms with E-state index in [1.165, 1.54) is 22.4 Å². The third-order valence-electron chi connectivity index (χ3n) is 7.74. The molecule has 1 unspecified atom stereocenters. The topological polar surface area (TPSA) is 12.5 Å². The monoisotopic (exact) mass is 667 g/mol. The summed E-state index contributed by atoms with van der Waals surface area (Å²) in [6, 6.07) is 25.7. The predicted octanol–water partition coefficient (Wildman–Crippen LogP) is 10.1. The van der Waals surface area contributed by atoms with E-state index in [1.54, 1.807) is 0 Å². The van der Waals surface area contributed by atoms with Gasteiger partial charge >= 0.3 is 254 Å². The van der Waals surface area contributed by atoms with Crippen molar-refractivity contribution in [2.45, 2.75) is 97.6 Å². The van der Waals surface area contributed by atoms with Gasteiger partial charge in [0.05, 0.1) is 0 Å². The number of nitrogens with zero attached hydrogens (tertiary/aromatic N) is 1. The molecule has 40 heavy (non-hydrogen) atoms. The molecule has 0 amide bonds. The number of halogens is 2. The average Bonchev–Trinajstić information content (AvgIpc) is 3.11. The van der Waals surface area contributed by atoms with Crippen LogP contribution in [-0.2, 0) is 17.3 Å². The first-order chi connectivity index (χ1) is 18.7. The van der Waals surface area contributed by atoms with E-state index in [0.29, 0.717) is 11.8 Å². The van der Waals surface area contributed by atoms with Gasteiger partial charge in [-0.15, -0.1) is 0 Å². The maximum atomic E-state index is 7.80. The quantitative estimate of drug-likeness (QED) is 0.233. The summed E-state index contributed by atoms with van der Waals surface area (Å²) in [7, 11) is 15.6. The van der Waals surface area contributed by atoms with Crippen LogP contribution in [0.4, 0.5) is 5.69 Å². The van der Waals surface area contributed by atoms with Gasteiger partial charge in [0.25, 0.3) is 0 Å². The molecule has 222 valence electrons. The number of para-hydroxylation sites is 2. The molecule has 1 saturated heterocycles. The van der Waals surface area contributed by atoms with Crippen LogP contribution in [0.1, 0.15) is 103 Å². The van der Waals surface area contributed by atoms with Gasteiger partial charge in [-0.3, -0.25) is 0 Å². The van der Waals surface area contributed by atoms with E-state index in [1.807, 2.05) is 32.0 Å². The summed E-state index contributed by atoms with van der Waals surface area (Å²) in [5.74, 6) is 1.52. The van der Waals surface area contributed by atoms with Crippen molar-refractivity contribution in [3.8, 4) is 5.75 Å². The maximum absolute atomic E-state index is 7.80. The fourth-order valence-electron chi connectivity index (χ4n) is 6.19. The molecule has 4 rings (SSSR count). The summed E-state index contributed by atoms with van der Waals surface area (Å²) in [6.45, 7) is 20.3. The van der Waals surface area contributed by atoms with Gasteiger partial charge in [0.15, 0.2) is 0 Å². The number of hydrogen-bond donors (Lipinski definition) is 0. The molecule has 3 aromatic rings. The van der Waals surface area contributed by atoms with Crippen molar-refractivity contribution in [3.63, 3.8) is 0 Å². The summed E-state index contributed by atoms with van der Waals surface area (Å²) in [5, 5.41) is 0. The van der Waals surface area contributed by atoms with Crippen molar-refractivity contribution in [2.75, 3.05) is 4.90 Å². The van der Waals surface area contributed by atoms with Gasteiger partial charge in [-0.2, -0.15) is 0 Å². The molecular formula is C35H45Cl2NORu-4. The summed E-state index contributed by atoms with van der Waals surface area (Å²) < 4.78 is 9.50. The summed E-state index contributed by atoms with van der Waals surface area (Å²) in [6.07, 6.45) is 0.958. The molecule has 0 bridgehead atoms. The molecule has 0 aliphatic carbocycles. The van der Waals surface area contributed by atoms with Crippen molar-refractivity contribution in [3.05, 3.63) is 95.1 Å². The molecule has 1 fully saturated rings. The fourth-order valence-corrected chi connectivity index (χ4v) is 13.9. The van der Waals surface area contributed by atoms with Gasteiger partial charge in [0, 0.05) is 0 Å². The van der Waals surface area contributed by atoms with Crippen LogP contribution >= 0.6 is 19.4 Å². The van der Waals surface area contributed by atoms with Gasteiger partial charge in [-0.1, -0.05) is 0 Å². The van der Waals surface area contributed by atoms with E-state index < -0.39 is 11.9 Å². The van der Waals surface area contributed by atoms with Crippen LogP contribution in [0, 0.1) is 0 Å². The molecular weight excluding hydrogens is 622 g/mol. The van der Waals surface area contributed by atoms with Crippen molar-refractivity contribution >= 4 is 33.9 Å². The van der Waals surface area contributed by atoms with Crippen LogP contribution in [-0.4, -0.2) is 20.5 Å². The summed E-state index contributed by atoms with van der Waals surface area (Å²) >= 11 is -3.72. The Kier molecular flexibility index (Phi) is 9.21. The molecule has 1 aliphatic heterocycles. The Morgan fingerprint density at radius 2 is 1.32 bits per heavy atom. The first-order valence-electron chi connectivity index (χ1n) is 14.3. The molecule has 0 radical (unpaired) electrons. The minimum atomic E-state index is -3.72. The van der Waals surface area contributed by atoms with E-state index in [2.05, 4.69) is 113 Å². The molecule has 0 spiro atoms. The second kappa shape index (κ2) is 11.8. The zero-order chi connectivity index (χ0) is 29.5. The van der Waals surface area contributed by atoms with E-state index in [9.17, 15) is 0 Å². The van der Waals surface area contributed by atoms with Gasteiger partial charge in [0.2, 0.25) is 0 Å². The number of hydrogen-bond acceptors (Lipinski definition) is 2. The number of rotatable bonds is 7. The minimum absolute atomic E-state index is 0.0515. The van der Waals surface area contributed by atoms with Crippen molar-refractivity contribution < 1.29 is 16.6 Å². The second-order valence-electron chi connectivity index (χ2n) is 12.6. The average molecular weight is 668 g/mol. The van der Waals surface area contributed by atoms with Gasteiger partial charge in [-0.05, 0) is 0 Å². The van der Waals surface area contributed by atoms with E-state index in [0.717, 1.165) is 22.0 Å². The first kappa shape index (κ1) is 31.1. The molecule has 1 heterocycles. The molecule has 0 aromatic heterocycles. The molecule has 0 saturated carbocycles. The van der Waals surface area contributed by atoms with Crippen LogP contribution in [0.15, 0.2) is 72.8 Å². The van der Waals surface area contributed by atoms with Gasteiger partial charge in [-0.25, -0.2) is 0 Å². The molecule has 5 heteroatoms. The van der Waals surface area contributed by atoms with Gasteiger partial charge < -0.3 is 0 Å². The van der Waals surface area contributed by atoms with E-state index in [4.69, 9.17) is 24.1 Å². The Bertz CT molecular complexity index is 1450. The third kappa shape index (κ3) is 6.04. The predicted molar refractivity (Wildman–Crippen MR) is 174 cm³/mol. The summed E-state index contributed by atoms with van der Waals surface area (Å²) in [5.41, 5.74) is 5.60. The van der Waals surface area contributed by atoms with Gasteiger partial charge in [0.1, 0.15) is 0 Å². The van der Waals surface area contributed by atoms with Crippen LogP contribution in [0.3, 0.4) is 0 Å². The Morgan fingerprint density at radius 3 is 1.88 bits per heavy atom. The normalized spacial score (nSPS) is 19.6. The Hall–Kier alpha value is -1.80. The molecule has 0 N–H and O–H groups in total. The molecule has 1 aliphatic rings. The van der Waals surface area contributed by atoms with E-state index in [-0.39, 0.29) is 17.1 Å². The summed E-state index contributed by atoms with van der Waals surface area (Å²) in [4.78, 5) is 2.57. The molecule has 2 nitrogen and oxygen atoms in total. The molecule has 1 atom stereocenters. The zero-order valence-electron chi connectivity index (χ0n) is 25.4. The Morgan fingerprint density at radius 1 is 0.775 bits per heavy atom. The zero-order valence-corrected chi connectivity index (χ0v) is 28.7. The van der Waals surface area contributed by atoms with E-state index >= 15 is 0 Å². The van der Waals surface area contributed by atoms with Crippen LogP contribution < -0.4 is 9.64 Å².